The Hall–Kier alpha value is -0.950. The first-order chi connectivity index (χ1) is 8.88. The number of imidazole rings is 1. The highest BCUT2D eigenvalue weighted by Gasteiger charge is 2.09. The molecule has 0 bridgehead atoms. The molecule has 0 aliphatic heterocycles. The fourth-order valence-corrected chi connectivity index (χ4v) is 2.65. The number of hydrogen-bond acceptors (Lipinski definition) is 2. The number of nitriles is 1. The third-order valence-electron chi connectivity index (χ3n) is 2.95. The molecule has 1 aromatic rings. The van der Waals surface area contributed by atoms with Crippen LogP contribution in [0.2, 0.25) is 0 Å². The van der Waals surface area contributed by atoms with E-state index in [1.54, 1.807) is 0 Å². The van der Waals surface area contributed by atoms with Crippen molar-refractivity contribution < 1.29 is 4.57 Å². The second-order valence-electron chi connectivity index (χ2n) is 4.37. The van der Waals surface area contributed by atoms with Crippen molar-refractivity contribution in [3.63, 3.8) is 0 Å². The van der Waals surface area contributed by atoms with Gasteiger partial charge in [0.25, 0.3) is 5.82 Å². The maximum absolute atomic E-state index is 8.50. The van der Waals surface area contributed by atoms with Crippen molar-refractivity contribution in [2.45, 2.75) is 52.0 Å². The highest BCUT2D eigenvalue weighted by atomic mass is 32.2. The van der Waals surface area contributed by atoms with Gasteiger partial charge in [-0.15, -0.1) is 0 Å². The van der Waals surface area contributed by atoms with Gasteiger partial charge < -0.3 is 0 Å². The lowest BCUT2D eigenvalue weighted by Gasteiger charge is -2.01. The monoisotopic (exact) mass is 266 g/mol. The maximum atomic E-state index is 8.50. The zero-order valence-corrected chi connectivity index (χ0v) is 12.1. The Balaban J connectivity index is 2.20. The quantitative estimate of drug-likeness (QED) is 0.522. The summed E-state index contributed by atoms with van der Waals surface area (Å²) in [6.07, 6.45) is 10.6. The molecule has 1 N–H and O–H groups in total. The molecule has 0 aliphatic carbocycles. The number of aryl methyl sites for hydroxylation is 2. The van der Waals surface area contributed by atoms with E-state index in [-0.39, 0.29) is 0 Å². The highest BCUT2D eigenvalue weighted by molar-refractivity contribution is 7.99. The number of H-pyrrole nitrogens is 1. The number of thioether (sulfide) groups is 1. The molecule has 0 radical (unpaired) electrons. The van der Waals surface area contributed by atoms with E-state index in [9.17, 15) is 0 Å². The molecular weight excluding hydrogens is 242 g/mol. The fraction of sp³-hybridized carbons (Fsp3) is 0.714. The molecule has 1 rings (SSSR count). The summed E-state index contributed by atoms with van der Waals surface area (Å²) in [6.45, 7) is 3.25. The van der Waals surface area contributed by atoms with Crippen LogP contribution in [0.5, 0.6) is 0 Å². The van der Waals surface area contributed by atoms with E-state index < -0.39 is 0 Å². The van der Waals surface area contributed by atoms with Crippen molar-refractivity contribution in [3.05, 3.63) is 18.2 Å². The van der Waals surface area contributed by atoms with Crippen LogP contribution < -0.4 is 4.57 Å². The molecule has 100 valence electrons. The summed E-state index contributed by atoms with van der Waals surface area (Å²) in [5, 5.41) is 8.50. The lowest BCUT2D eigenvalue weighted by Crippen LogP contribution is -2.36. The predicted octanol–water partition coefficient (Wildman–Crippen LogP) is 3.07. The van der Waals surface area contributed by atoms with Crippen molar-refractivity contribution in [1.82, 2.24) is 4.98 Å². The molecule has 0 spiro atoms. The van der Waals surface area contributed by atoms with Crippen LogP contribution in [0.15, 0.2) is 12.4 Å². The van der Waals surface area contributed by atoms with Crippen LogP contribution in [-0.4, -0.2) is 16.5 Å². The number of nitrogens with zero attached hydrogens (tertiary/aromatic N) is 2. The molecule has 3 nitrogen and oxygen atoms in total. The molecule has 0 amide bonds. The molecule has 1 heterocycles. The lowest BCUT2D eigenvalue weighted by atomic mass is 10.2. The average molecular weight is 266 g/mol. The minimum Gasteiger partial charge on any atom is -0.248 e. The van der Waals surface area contributed by atoms with Crippen molar-refractivity contribution >= 4 is 11.8 Å². The largest absolute Gasteiger partial charge is 0.254 e. The van der Waals surface area contributed by atoms with Gasteiger partial charge in [-0.3, -0.25) is 0 Å². The van der Waals surface area contributed by atoms with Crippen molar-refractivity contribution in [3.8, 4) is 6.07 Å². The van der Waals surface area contributed by atoms with E-state index >= 15 is 0 Å². The SMILES string of the molecule is CCSCCCCc1[nH]cc[n+]1CCCCC#N. The van der Waals surface area contributed by atoms with Gasteiger partial charge >= 0.3 is 0 Å². The molecule has 0 aromatic carbocycles. The zero-order valence-electron chi connectivity index (χ0n) is 11.3. The molecule has 0 atom stereocenters. The number of aromatic nitrogens is 2. The molecule has 0 unspecified atom stereocenters. The molecule has 0 fully saturated rings. The average Bonchev–Trinajstić information content (AvgIpc) is 2.82. The smallest absolute Gasteiger partial charge is 0.248 e. The number of hydrogen-bond donors (Lipinski definition) is 1. The van der Waals surface area contributed by atoms with Gasteiger partial charge in [0.1, 0.15) is 12.4 Å². The second-order valence-corrected chi connectivity index (χ2v) is 5.76. The number of nitrogens with one attached hydrogen (secondary N) is 1. The summed E-state index contributed by atoms with van der Waals surface area (Å²) in [5.74, 6) is 3.83. The van der Waals surface area contributed by atoms with Crippen LogP contribution in [0, 0.1) is 11.3 Å². The van der Waals surface area contributed by atoms with Gasteiger partial charge in [-0.2, -0.15) is 17.0 Å². The Morgan fingerprint density at radius 3 is 3.00 bits per heavy atom. The fourth-order valence-electron chi connectivity index (χ4n) is 1.95. The predicted molar refractivity (Wildman–Crippen MR) is 76.4 cm³/mol. The van der Waals surface area contributed by atoms with E-state index in [1.807, 2.05) is 18.0 Å². The highest BCUT2D eigenvalue weighted by Crippen LogP contribution is 2.06. The first kappa shape index (κ1) is 15.1. The third kappa shape index (κ3) is 6.11. The Bertz CT molecular complexity index is 354. The summed E-state index contributed by atoms with van der Waals surface area (Å²) in [7, 11) is 0. The number of aromatic amines is 1. The summed E-state index contributed by atoms with van der Waals surface area (Å²) < 4.78 is 2.30. The Kier molecular flexibility index (Phi) is 8.41. The lowest BCUT2D eigenvalue weighted by molar-refractivity contribution is -0.703. The molecule has 4 heteroatoms. The van der Waals surface area contributed by atoms with Gasteiger partial charge in [-0.25, -0.2) is 9.55 Å². The zero-order chi connectivity index (χ0) is 13.1. The topological polar surface area (TPSA) is 43.5 Å². The van der Waals surface area contributed by atoms with Crippen LogP contribution in [-0.2, 0) is 13.0 Å². The minimum atomic E-state index is 0.675. The summed E-state index contributed by atoms with van der Waals surface area (Å²) in [6, 6.07) is 2.20. The molecule has 18 heavy (non-hydrogen) atoms. The molecule has 0 saturated carbocycles. The van der Waals surface area contributed by atoms with Crippen LogP contribution >= 0.6 is 11.8 Å². The Labute approximate surface area is 115 Å². The van der Waals surface area contributed by atoms with Gasteiger partial charge in [0.05, 0.1) is 12.6 Å². The van der Waals surface area contributed by atoms with Crippen molar-refractivity contribution in [2.75, 3.05) is 11.5 Å². The Morgan fingerprint density at radius 2 is 2.22 bits per heavy atom. The first-order valence-electron chi connectivity index (χ1n) is 6.89. The first-order valence-corrected chi connectivity index (χ1v) is 8.04. The summed E-state index contributed by atoms with van der Waals surface area (Å²) >= 11 is 2.02. The Morgan fingerprint density at radius 1 is 1.33 bits per heavy atom. The standard InChI is InChI=1S/C14H23N3S/c1-2-18-13-7-4-8-14-16-10-12-17(14)11-6-3-5-9-15/h10,12H,2-8,11,13H2,1H3/p+1. The van der Waals surface area contributed by atoms with Gasteiger partial charge in [0.15, 0.2) is 0 Å². The second kappa shape index (κ2) is 10.0. The van der Waals surface area contributed by atoms with E-state index in [0.717, 1.165) is 25.8 Å². The molecule has 0 saturated heterocycles. The number of unbranched alkanes of at least 4 members (excludes halogenated alkanes) is 3. The van der Waals surface area contributed by atoms with Gasteiger partial charge in [0.2, 0.25) is 0 Å². The van der Waals surface area contributed by atoms with Crippen molar-refractivity contribution in [1.29, 1.82) is 5.26 Å². The normalized spacial score (nSPS) is 10.4. The summed E-state index contributed by atoms with van der Waals surface area (Å²) in [4.78, 5) is 3.33. The van der Waals surface area contributed by atoms with Crippen LogP contribution in [0.1, 0.15) is 44.9 Å². The van der Waals surface area contributed by atoms with E-state index in [4.69, 9.17) is 5.26 Å². The molecular formula is C14H24N3S+. The van der Waals surface area contributed by atoms with Gasteiger partial charge in [-0.1, -0.05) is 6.92 Å². The van der Waals surface area contributed by atoms with Crippen molar-refractivity contribution in [2.24, 2.45) is 0 Å². The van der Waals surface area contributed by atoms with Gasteiger partial charge in [-0.05, 0) is 37.2 Å². The number of rotatable bonds is 10. The third-order valence-corrected chi connectivity index (χ3v) is 3.93. The molecule has 1 aromatic heterocycles. The molecule has 0 aliphatic rings. The summed E-state index contributed by atoms with van der Waals surface area (Å²) in [5.41, 5.74) is 0. The van der Waals surface area contributed by atoms with Crippen LogP contribution in [0.25, 0.3) is 0 Å². The van der Waals surface area contributed by atoms with Crippen LogP contribution in [0.3, 0.4) is 0 Å². The maximum Gasteiger partial charge on any atom is 0.254 e. The van der Waals surface area contributed by atoms with E-state index in [1.165, 1.54) is 30.2 Å². The van der Waals surface area contributed by atoms with Crippen LogP contribution in [0.4, 0.5) is 0 Å². The minimum absolute atomic E-state index is 0.675. The van der Waals surface area contributed by atoms with Gasteiger partial charge in [0, 0.05) is 12.8 Å². The van der Waals surface area contributed by atoms with E-state index in [0.29, 0.717) is 6.42 Å². The van der Waals surface area contributed by atoms with E-state index in [2.05, 4.69) is 28.7 Å².